The van der Waals surface area contributed by atoms with Crippen molar-refractivity contribution in [3.05, 3.63) is 5.82 Å². The third-order valence-corrected chi connectivity index (χ3v) is 2.65. The molecule has 1 aromatic rings. The van der Waals surface area contributed by atoms with Crippen LogP contribution in [0.5, 0.6) is 0 Å². The van der Waals surface area contributed by atoms with Gasteiger partial charge in [0, 0.05) is 19.0 Å². The topological polar surface area (TPSA) is 82.8 Å². The van der Waals surface area contributed by atoms with Crippen molar-refractivity contribution < 1.29 is 0 Å². The van der Waals surface area contributed by atoms with Crippen molar-refractivity contribution >= 4 is 5.95 Å². The van der Waals surface area contributed by atoms with Crippen molar-refractivity contribution in [3.8, 4) is 0 Å². The molecule has 2 rings (SSSR count). The van der Waals surface area contributed by atoms with Gasteiger partial charge in [-0.2, -0.15) is 10.1 Å². The number of nitrogens with zero attached hydrogens (tertiary/aromatic N) is 3. The Kier molecular flexibility index (Phi) is 1.95. The Balaban J connectivity index is 2.17. The molecule has 13 heavy (non-hydrogen) atoms. The summed E-state index contributed by atoms with van der Waals surface area (Å²) >= 11 is 0. The maximum Gasteiger partial charge on any atom is 0.218 e. The van der Waals surface area contributed by atoms with Gasteiger partial charge in [0.1, 0.15) is 0 Å². The highest BCUT2D eigenvalue weighted by Gasteiger charge is 2.26. The quantitative estimate of drug-likeness (QED) is 0.638. The van der Waals surface area contributed by atoms with E-state index < -0.39 is 0 Å². The predicted octanol–water partition coefficient (Wildman–Crippen LogP) is -0.00790. The lowest BCUT2D eigenvalue weighted by Crippen LogP contribution is -2.14. The second-order valence-electron chi connectivity index (χ2n) is 3.72. The Bertz CT molecular complexity index is 286. The second kappa shape index (κ2) is 2.99. The van der Waals surface area contributed by atoms with Crippen LogP contribution in [0.3, 0.4) is 0 Å². The fourth-order valence-electron chi connectivity index (χ4n) is 1.84. The van der Waals surface area contributed by atoms with Gasteiger partial charge in [-0.3, -0.25) is 0 Å². The maximum atomic E-state index is 5.81. The molecule has 0 aliphatic heterocycles. The predicted molar refractivity (Wildman–Crippen MR) is 50.0 cm³/mol. The minimum absolute atomic E-state index is 0.315. The number of aromatic nitrogens is 3. The van der Waals surface area contributed by atoms with Gasteiger partial charge < -0.3 is 11.5 Å². The van der Waals surface area contributed by atoms with E-state index in [1.54, 1.807) is 11.7 Å². The minimum atomic E-state index is 0.315. The zero-order chi connectivity index (χ0) is 9.42. The molecular formula is C8H15N5. The number of aryl methyl sites for hydroxylation is 1. The van der Waals surface area contributed by atoms with Gasteiger partial charge in [-0.25, -0.2) is 4.68 Å². The van der Waals surface area contributed by atoms with E-state index in [4.69, 9.17) is 11.5 Å². The molecule has 2 atom stereocenters. The first kappa shape index (κ1) is 8.50. The van der Waals surface area contributed by atoms with Gasteiger partial charge in [-0.1, -0.05) is 0 Å². The largest absolute Gasteiger partial charge is 0.368 e. The molecule has 0 aromatic carbocycles. The summed E-state index contributed by atoms with van der Waals surface area (Å²) in [5.74, 6) is 1.75. The summed E-state index contributed by atoms with van der Waals surface area (Å²) in [6, 6.07) is 0.315. The molecule has 1 fully saturated rings. The van der Waals surface area contributed by atoms with Crippen LogP contribution in [-0.4, -0.2) is 20.8 Å². The van der Waals surface area contributed by atoms with E-state index in [1.165, 1.54) is 0 Å². The minimum Gasteiger partial charge on any atom is -0.368 e. The van der Waals surface area contributed by atoms with Gasteiger partial charge in [0.2, 0.25) is 5.95 Å². The number of nitrogens with two attached hydrogens (primary N) is 2. The summed E-state index contributed by atoms with van der Waals surface area (Å²) in [4.78, 5) is 4.20. The van der Waals surface area contributed by atoms with Gasteiger partial charge in [0.25, 0.3) is 0 Å². The first-order chi connectivity index (χ1) is 6.16. The van der Waals surface area contributed by atoms with E-state index in [1.807, 2.05) is 0 Å². The Morgan fingerprint density at radius 3 is 2.69 bits per heavy atom. The third-order valence-electron chi connectivity index (χ3n) is 2.65. The van der Waals surface area contributed by atoms with Gasteiger partial charge >= 0.3 is 0 Å². The number of hydrogen-bond acceptors (Lipinski definition) is 4. The van der Waals surface area contributed by atoms with Crippen LogP contribution in [0.25, 0.3) is 0 Å². The lowest BCUT2D eigenvalue weighted by molar-refractivity contribution is 0.630. The van der Waals surface area contributed by atoms with Crippen LogP contribution in [-0.2, 0) is 7.05 Å². The molecule has 5 nitrogen and oxygen atoms in total. The number of nitrogen functional groups attached to an aromatic ring is 1. The average molecular weight is 181 g/mol. The molecule has 0 bridgehead atoms. The van der Waals surface area contributed by atoms with Gasteiger partial charge in [-0.05, 0) is 19.3 Å². The van der Waals surface area contributed by atoms with Gasteiger partial charge in [-0.15, -0.1) is 0 Å². The molecule has 0 radical (unpaired) electrons. The number of rotatable bonds is 1. The lowest BCUT2D eigenvalue weighted by atomic mass is 10.1. The Morgan fingerprint density at radius 2 is 2.23 bits per heavy atom. The smallest absolute Gasteiger partial charge is 0.218 e. The molecule has 1 saturated carbocycles. The van der Waals surface area contributed by atoms with E-state index in [0.717, 1.165) is 25.1 Å². The van der Waals surface area contributed by atoms with Crippen molar-refractivity contribution in [1.29, 1.82) is 0 Å². The van der Waals surface area contributed by atoms with E-state index >= 15 is 0 Å². The highest BCUT2D eigenvalue weighted by Crippen LogP contribution is 2.31. The molecule has 1 aromatic heterocycles. The molecule has 0 saturated heterocycles. The van der Waals surface area contributed by atoms with Gasteiger partial charge in [0.05, 0.1) is 0 Å². The number of anilines is 1. The lowest BCUT2D eigenvalue weighted by Gasteiger charge is -2.02. The molecule has 1 aliphatic rings. The fourth-order valence-corrected chi connectivity index (χ4v) is 1.84. The van der Waals surface area contributed by atoms with Crippen molar-refractivity contribution in [2.45, 2.75) is 31.2 Å². The fraction of sp³-hybridized carbons (Fsp3) is 0.750. The molecule has 72 valence electrons. The van der Waals surface area contributed by atoms with Crippen molar-refractivity contribution in [2.75, 3.05) is 5.73 Å². The summed E-state index contributed by atoms with van der Waals surface area (Å²) in [6.45, 7) is 0. The van der Waals surface area contributed by atoms with E-state index in [9.17, 15) is 0 Å². The zero-order valence-corrected chi connectivity index (χ0v) is 7.77. The van der Waals surface area contributed by atoms with Crippen LogP contribution >= 0.6 is 0 Å². The summed E-state index contributed by atoms with van der Waals surface area (Å²) < 4.78 is 1.61. The van der Waals surface area contributed by atoms with Crippen LogP contribution < -0.4 is 11.5 Å². The van der Waals surface area contributed by atoms with Crippen LogP contribution in [0.4, 0.5) is 5.95 Å². The monoisotopic (exact) mass is 181 g/mol. The molecule has 0 amide bonds. The molecule has 0 spiro atoms. The molecular weight excluding hydrogens is 166 g/mol. The average Bonchev–Trinajstić information content (AvgIpc) is 2.61. The van der Waals surface area contributed by atoms with Crippen LogP contribution in [0.1, 0.15) is 31.0 Å². The van der Waals surface area contributed by atoms with Gasteiger partial charge in [0.15, 0.2) is 5.82 Å². The SMILES string of the molecule is Cn1nc(C2CCC(N)C2)nc1N. The third kappa shape index (κ3) is 1.51. The molecule has 4 N–H and O–H groups in total. The molecule has 1 aliphatic carbocycles. The summed E-state index contributed by atoms with van der Waals surface area (Å²) in [5, 5.41) is 4.25. The van der Waals surface area contributed by atoms with Crippen LogP contribution in [0.2, 0.25) is 0 Å². The Morgan fingerprint density at radius 1 is 1.46 bits per heavy atom. The normalized spacial score (nSPS) is 28.2. The van der Waals surface area contributed by atoms with E-state index in [0.29, 0.717) is 17.9 Å². The Labute approximate surface area is 77.1 Å². The van der Waals surface area contributed by atoms with Crippen molar-refractivity contribution in [2.24, 2.45) is 12.8 Å². The highest BCUT2D eigenvalue weighted by atomic mass is 15.4. The van der Waals surface area contributed by atoms with E-state index in [2.05, 4.69) is 10.1 Å². The first-order valence-corrected chi connectivity index (χ1v) is 4.59. The summed E-state index contributed by atoms with van der Waals surface area (Å²) in [6.07, 6.45) is 3.15. The number of hydrogen-bond donors (Lipinski definition) is 2. The second-order valence-corrected chi connectivity index (χ2v) is 3.72. The van der Waals surface area contributed by atoms with E-state index in [-0.39, 0.29) is 0 Å². The van der Waals surface area contributed by atoms with Crippen LogP contribution in [0.15, 0.2) is 0 Å². The standard InChI is InChI=1S/C8H15N5/c1-13-8(10)11-7(12-13)5-2-3-6(9)4-5/h5-6H,2-4,9H2,1H3,(H2,10,11,12). The van der Waals surface area contributed by atoms with Crippen LogP contribution in [0, 0.1) is 0 Å². The molecule has 5 heteroatoms. The zero-order valence-electron chi connectivity index (χ0n) is 7.77. The maximum absolute atomic E-state index is 5.81. The van der Waals surface area contributed by atoms with Crippen molar-refractivity contribution in [3.63, 3.8) is 0 Å². The molecule has 1 heterocycles. The Hall–Kier alpha value is -1.10. The molecule has 2 unspecified atom stereocenters. The summed E-state index contributed by atoms with van der Waals surface area (Å²) in [5.41, 5.74) is 11.4. The van der Waals surface area contributed by atoms with Crippen molar-refractivity contribution in [1.82, 2.24) is 14.8 Å². The highest BCUT2D eigenvalue weighted by molar-refractivity contribution is 5.17. The summed E-state index contributed by atoms with van der Waals surface area (Å²) in [7, 11) is 1.81. The first-order valence-electron chi connectivity index (χ1n) is 4.59.